The normalized spacial score (nSPS) is 18.0. The van der Waals surface area contributed by atoms with Gasteiger partial charge in [0.1, 0.15) is 31.3 Å². The van der Waals surface area contributed by atoms with Crippen LogP contribution in [-0.4, -0.2) is 55.2 Å². The summed E-state index contributed by atoms with van der Waals surface area (Å²) in [6, 6.07) is 21.3. The summed E-state index contributed by atoms with van der Waals surface area (Å²) in [7, 11) is 1.58. The molecule has 0 radical (unpaired) electrons. The van der Waals surface area contributed by atoms with Crippen molar-refractivity contribution in [3.05, 3.63) is 95.1 Å². The maximum Gasteiger partial charge on any atom is 0.295 e. The van der Waals surface area contributed by atoms with Crippen molar-refractivity contribution in [3.63, 3.8) is 0 Å². The van der Waals surface area contributed by atoms with E-state index in [4.69, 9.17) is 18.9 Å². The lowest BCUT2D eigenvalue weighted by Crippen LogP contribution is -2.31. The van der Waals surface area contributed by atoms with Gasteiger partial charge in [0.2, 0.25) is 0 Å². The van der Waals surface area contributed by atoms with E-state index in [1.54, 1.807) is 37.4 Å². The van der Waals surface area contributed by atoms with E-state index in [-0.39, 0.29) is 11.3 Å². The Labute approximate surface area is 221 Å². The van der Waals surface area contributed by atoms with E-state index in [0.29, 0.717) is 67.8 Å². The van der Waals surface area contributed by atoms with Gasteiger partial charge in [0, 0.05) is 25.8 Å². The summed E-state index contributed by atoms with van der Waals surface area (Å²) in [6.45, 7) is 1.98. The van der Waals surface area contributed by atoms with Gasteiger partial charge in [-0.3, -0.25) is 9.59 Å². The van der Waals surface area contributed by atoms with Crippen LogP contribution in [0.2, 0.25) is 0 Å². The zero-order chi connectivity index (χ0) is 26.5. The molecule has 0 aromatic heterocycles. The molecule has 2 aliphatic rings. The smallest absolute Gasteiger partial charge is 0.295 e. The molecule has 2 heterocycles. The van der Waals surface area contributed by atoms with E-state index in [2.05, 4.69) is 0 Å². The van der Waals surface area contributed by atoms with Gasteiger partial charge in [0.15, 0.2) is 11.5 Å². The molecule has 2 aliphatic heterocycles. The lowest BCUT2D eigenvalue weighted by atomic mass is 9.95. The van der Waals surface area contributed by atoms with Crippen LogP contribution in [0.5, 0.6) is 17.2 Å². The maximum atomic E-state index is 13.2. The zero-order valence-electron chi connectivity index (χ0n) is 21.1. The van der Waals surface area contributed by atoms with E-state index < -0.39 is 17.7 Å². The van der Waals surface area contributed by atoms with Crippen molar-refractivity contribution in [2.75, 3.05) is 33.5 Å². The minimum Gasteiger partial charge on any atom is -0.507 e. The van der Waals surface area contributed by atoms with Gasteiger partial charge in [-0.05, 0) is 47.9 Å². The van der Waals surface area contributed by atoms with Crippen LogP contribution in [0.15, 0.2) is 78.4 Å². The first-order valence-electron chi connectivity index (χ1n) is 12.5. The summed E-state index contributed by atoms with van der Waals surface area (Å²) in [5, 5.41) is 11.3. The highest BCUT2D eigenvalue weighted by Crippen LogP contribution is 2.41. The summed E-state index contributed by atoms with van der Waals surface area (Å²) in [5.74, 6) is 0.0464. The van der Waals surface area contributed by atoms with Crippen LogP contribution >= 0.6 is 0 Å². The molecule has 196 valence electrons. The van der Waals surface area contributed by atoms with Crippen LogP contribution in [0, 0.1) is 0 Å². The first-order chi connectivity index (χ1) is 18.6. The van der Waals surface area contributed by atoms with Crippen molar-refractivity contribution in [1.29, 1.82) is 0 Å². The fourth-order valence-electron chi connectivity index (χ4n) is 4.67. The molecule has 38 heavy (non-hydrogen) atoms. The molecule has 1 N–H and O–H groups in total. The fraction of sp³-hybridized carbons (Fsp3) is 0.267. The first-order valence-corrected chi connectivity index (χ1v) is 12.5. The van der Waals surface area contributed by atoms with E-state index in [1.165, 1.54) is 4.90 Å². The number of amides is 1. The number of rotatable bonds is 9. The summed E-state index contributed by atoms with van der Waals surface area (Å²) in [4.78, 5) is 27.8. The van der Waals surface area contributed by atoms with Gasteiger partial charge in [0.25, 0.3) is 11.7 Å². The number of carbonyl (C=O) groups is 2. The molecule has 0 bridgehead atoms. The van der Waals surface area contributed by atoms with Gasteiger partial charge in [0.05, 0.1) is 11.6 Å². The van der Waals surface area contributed by atoms with Crippen LogP contribution in [0.4, 0.5) is 0 Å². The van der Waals surface area contributed by atoms with E-state index in [1.807, 2.05) is 42.5 Å². The van der Waals surface area contributed by atoms with E-state index >= 15 is 0 Å². The van der Waals surface area contributed by atoms with Crippen molar-refractivity contribution in [2.24, 2.45) is 0 Å². The van der Waals surface area contributed by atoms with Crippen molar-refractivity contribution < 1.29 is 33.6 Å². The van der Waals surface area contributed by atoms with Crippen LogP contribution in [0.25, 0.3) is 5.76 Å². The number of ether oxygens (including phenoxy) is 4. The van der Waals surface area contributed by atoms with Crippen LogP contribution in [0.1, 0.15) is 29.2 Å². The Morgan fingerprint density at radius 3 is 2.45 bits per heavy atom. The van der Waals surface area contributed by atoms with Crippen molar-refractivity contribution in [2.45, 2.75) is 19.1 Å². The monoisotopic (exact) mass is 515 g/mol. The second-order valence-electron chi connectivity index (χ2n) is 9.04. The van der Waals surface area contributed by atoms with Crippen LogP contribution in [-0.2, 0) is 20.9 Å². The molecule has 5 rings (SSSR count). The van der Waals surface area contributed by atoms with Gasteiger partial charge >= 0.3 is 0 Å². The van der Waals surface area contributed by atoms with E-state index in [0.717, 1.165) is 5.56 Å². The van der Waals surface area contributed by atoms with Gasteiger partial charge in [-0.1, -0.05) is 42.5 Å². The number of carbonyl (C=O) groups excluding carboxylic acids is 2. The third-order valence-electron chi connectivity index (χ3n) is 6.55. The highest BCUT2D eigenvalue weighted by atomic mass is 16.6. The second-order valence-corrected chi connectivity index (χ2v) is 9.04. The van der Waals surface area contributed by atoms with Crippen molar-refractivity contribution in [3.8, 4) is 17.2 Å². The van der Waals surface area contributed by atoms with Gasteiger partial charge < -0.3 is 29.0 Å². The topological polar surface area (TPSA) is 94.5 Å². The highest BCUT2D eigenvalue weighted by Gasteiger charge is 2.45. The third kappa shape index (κ3) is 5.21. The number of fused-ring (bicyclic) bond motifs is 1. The minimum absolute atomic E-state index is 0.0297. The number of aliphatic hydroxyl groups excluding tert-OH is 1. The second kappa shape index (κ2) is 11.4. The Morgan fingerprint density at radius 2 is 1.71 bits per heavy atom. The zero-order valence-corrected chi connectivity index (χ0v) is 21.1. The maximum absolute atomic E-state index is 13.2. The standard InChI is InChI=1S/C30H29NO7/c1-35-15-5-14-31-27(21-8-11-23(12-9-21)38-19-20-6-3-2-4-7-20)26(29(33)30(31)34)28(32)22-10-13-24-25(18-22)37-17-16-36-24/h2-4,6-13,18,27,32H,5,14-17,19H2,1H3/t27-/m1/s1. The summed E-state index contributed by atoms with van der Waals surface area (Å²) < 4.78 is 22.3. The number of Topliss-reactive ketones (excluding diaryl/α,β-unsaturated/α-hetero) is 1. The SMILES string of the molecule is COCCCN1C(=O)C(=O)C(=C(O)c2ccc3c(c2)OCCO3)[C@H]1c1ccc(OCc2ccccc2)cc1. The summed E-state index contributed by atoms with van der Waals surface area (Å²) in [5.41, 5.74) is 2.13. The van der Waals surface area contributed by atoms with Crippen LogP contribution < -0.4 is 14.2 Å². The number of methoxy groups -OCH3 is 1. The number of benzene rings is 3. The first kappa shape index (κ1) is 25.4. The highest BCUT2D eigenvalue weighted by molar-refractivity contribution is 6.46. The van der Waals surface area contributed by atoms with Gasteiger partial charge in [-0.25, -0.2) is 0 Å². The van der Waals surface area contributed by atoms with Gasteiger partial charge in [-0.15, -0.1) is 0 Å². The van der Waals surface area contributed by atoms with Crippen molar-refractivity contribution >= 4 is 17.4 Å². The number of ketones is 1. The molecule has 1 fully saturated rings. The quantitative estimate of drug-likeness (QED) is 0.194. The molecule has 0 saturated carbocycles. The number of hydrogen-bond donors (Lipinski definition) is 1. The predicted octanol–water partition coefficient (Wildman–Crippen LogP) is 4.50. The lowest BCUT2D eigenvalue weighted by Gasteiger charge is -2.25. The number of hydrogen-bond acceptors (Lipinski definition) is 7. The van der Waals surface area contributed by atoms with Crippen LogP contribution in [0.3, 0.4) is 0 Å². The lowest BCUT2D eigenvalue weighted by molar-refractivity contribution is -0.140. The van der Waals surface area contributed by atoms with Crippen molar-refractivity contribution in [1.82, 2.24) is 4.90 Å². The molecule has 0 aliphatic carbocycles. The average molecular weight is 516 g/mol. The Hall–Kier alpha value is -4.30. The number of likely N-dealkylation sites (tertiary alicyclic amines) is 1. The molecular formula is C30H29NO7. The summed E-state index contributed by atoms with van der Waals surface area (Å²) >= 11 is 0. The Kier molecular flexibility index (Phi) is 7.60. The molecule has 3 aromatic carbocycles. The Balaban J connectivity index is 1.47. The van der Waals surface area contributed by atoms with E-state index in [9.17, 15) is 14.7 Å². The van der Waals surface area contributed by atoms with Gasteiger partial charge in [-0.2, -0.15) is 0 Å². The molecule has 8 heteroatoms. The molecule has 1 saturated heterocycles. The number of nitrogens with zero attached hydrogens (tertiary/aromatic N) is 1. The number of aliphatic hydroxyl groups is 1. The Morgan fingerprint density at radius 1 is 0.974 bits per heavy atom. The molecule has 1 amide bonds. The third-order valence-corrected chi connectivity index (χ3v) is 6.55. The fourth-order valence-corrected chi connectivity index (χ4v) is 4.67. The largest absolute Gasteiger partial charge is 0.507 e. The molecule has 3 aromatic rings. The molecule has 0 unspecified atom stereocenters. The Bertz CT molecular complexity index is 1330. The predicted molar refractivity (Wildman–Crippen MR) is 140 cm³/mol. The summed E-state index contributed by atoms with van der Waals surface area (Å²) in [6.07, 6.45) is 0.544. The molecule has 1 atom stereocenters. The molecule has 0 spiro atoms. The molecule has 8 nitrogen and oxygen atoms in total. The molecular weight excluding hydrogens is 486 g/mol. The minimum atomic E-state index is -0.761. The average Bonchev–Trinajstić information content (AvgIpc) is 3.21.